The van der Waals surface area contributed by atoms with Gasteiger partial charge in [-0.15, -0.1) is 0 Å². The lowest BCUT2D eigenvalue weighted by Gasteiger charge is -2.34. The van der Waals surface area contributed by atoms with E-state index in [2.05, 4.69) is 0 Å². The molecule has 1 aliphatic heterocycles. The molecule has 1 aliphatic rings. The van der Waals surface area contributed by atoms with Gasteiger partial charge in [0.25, 0.3) is 0 Å². The standard InChI is InChI=1S/C13H13ClN2O4/c1-8-9(14)3-2-4-10(8)15-5-11(17)16(7-13(19)20)12(18)6-15/h2-4H,5-7H2,1H3,(H,19,20). The van der Waals surface area contributed by atoms with E-state index in [0.717, 1.165) is 10.5 Å². The summed E-state index contributed by atoms with van der Waals surface area (Å²) in [6.45, 7) is 1.12. The molecule has 0 atom stereocenters. The van der Waals surface area contributed by atoms with Crippen molar-refractivity contribution in [3.8, 4) is 0 Å². The maximum Gasteiger partial charge on any atom is 0.323 e. The molecule has 1 fully saturated rings. The Morgan fingerprint density at radius 1 is 1.30 bits per heavy atom. The molecule has 0 aromatic heterocycles. The van der Waals surface area contributed by atoms with E-state index in [0.29, 0.717) is 10.7 Å². The number of hydrogen-bond acceptors (Lipinski definition) is 4. The van der Waals surface area contributed by atoms with Crippen LogP contribution in [0.5, 0.6) is 0 Å². The number of carboxylic acid groups (broad SMARTS) is 1. The van der Waals surface area contributed by atoms with Crippen LogP contribution in [0, 0.1) is 6.92 Å². The average molecular weight is 297 g/mol. The van der Waals surface area contributed by atoms with Gasteiger partial charge in [0.2, 0.25) is 11.8 Å². The van der Waals surface area contributed by atoms with Crippen molar-refractivity contribution < 1.29 is 19.5 Å². The summed E-state index contributed by atoms with van der Waals surface area (Å²) in [7, 11) is 0. The number of piperazine rings is 1. The van der Waals surface area contributed by atoms with Gasteiger partial charge >= 0.3 is 5.97 Å². The van der Waals surface area contributed by atoms with E-state index in [1.807, 2.05) is 0 Å². The Labute approximate surface area is 120 Å². The molecule has 1 saturated heterocycles. The van der Waals surface area contributed by atoms with Gasteiger partial charge in [-0.2, -0.15) is 0 Å². The summed E-state index contributed by atoms with van der Waals surface area (Å²) < 4.78 is 0. The first kappa shape index (κ1) is 14.3. The van der Waals surface area contributed by atoms with Crippen LogP contribution in [-0.4, -0.2) is 47.4 Å². The Morgan fingerprint density at radius 3 is 2.45 bits per heavy atom. The number of anilines is 1. The van der Waals surface area contributed by atoms with Crippen LogP contribution in [0.25, 0.3) is 0 Å². The molecule has 0 bridgehead atoms. The third-order valence-electron chi connectivity index (χ3n) is 3.13. The lowest BCUT2D eigenvalue weighted by atomic mass is 10.1. The molecule has 0 radical (unpaired) electrons. The van der Waals surface area contributed by atoms with Crippen molar-refractivity contribution in [2.45, 2.75) is 6.92 Å². The van der Waals surface area contributed by atoms with Crippen LogP contribution in [0.1, 0.15) is 5.56 Å². The number of rotatable bonds is 3. The predicted molar refractivity (Wildman–Crippen MR) is 72.8 cm³/mol. The summed E-state index contributed by atoms with van der Waals surface area (Å²) in [5, 5.41) is 9.24. The molecule has 106 valence electrons. The van der Waals surface area contributed by atoms with Crippen LogP contribution in [0.3, 0.4) is 0 Å². The highest BCUT2D eigenvalue weighted by Gasteiger charge is 2.32. The largest absolute Gasteiger partial charge is 0.480 e. The molecule has 0 unspecified atom stereocenters. The molecule has 6 nitrogen and oxygen atoms in total. The molecule has 2 amide bonds. The fraction of sp³-hybridized carbons (Fsp3) is 0.308. The molecule has 0 aliphatic carbocycles. The van der Waals surface area contributed by atoms with Crippen LogP contribution in [0.4, 0.5) is 5.69 Å². The molecular formula is C13H13ClN2O4. The minimum absolute atomic E-state index is 0.0415. The van der Waals surface area contributed by atoms with Gasteiger partial charge in [-0.3, -0.25) is 19.3 Å². The monoisotopic (exact) mass is 296 g/mol. The van der Waals surface area contributed by atoms with E-state index >= 15 is 0 Å². The molecule has 1 N–H and O–H groups in total. The number of benzene rings is 1. The zero-order valence-corrected chi connectivity index (χ0v) is 11.6. The summed E-state index contributed by atoms with van der Waals surface area (Å²) in [4.78, 5) is 36.8. The Kier molecular flexibility index (Phi) is 3.94. The van der Waals surface area contributed by atoms with E-state index in [-0.39, 0.29) is 13.1 Å². The molecule has 1 aromatic rings. The Bertz CT molecular complexity index is 570. The maximum absolute atomic E-state index is 11.9. The topological polar surface area (TPSA) is 77.9 Å². The predicted octanol–water partition coefficient (Wildman–Crippen LogP) is 0.908. The number of imide groups is 1. The van der Waals surface area contributed by atoms with Gasteiger partial charge in [0.15, 0.2) is 0 Å². The minimum Gasteiger partial charge on any atom is -0.480 e. The Balaban J connectivity index is 2.23. The fourth-order valence-corrected chi connectivity index (χ4v) is 2.28. The van der Waals surface area contributed by atoms with Crippen LogP contribution < -0.4 is 4.90 Å². The van der Waals surface area contributed by atoms with Crippen molar-refractivity contribution in [1.82, 2.24) is 4.90 Å². The summed E-state index contributed by atoms with van der Waals surface area (Å²) in [6.07, 6.45) is 0. The maximum atomic E-state index is 11.9. The van der Waals surface area contributed by atoms with E-state index in [4.69, 9.17) is 16.7 Å². The van der Waals surface area contributed by atoms with Crippen LogP contribution >= 0.6 is 11.6 Å². The van der Waals surface area contributed by atoms with Crippen molar-refractivity contribution in [3.05, 3.63) is 28.8 Å². The van der Waals surface area contributed by atoms with E-state index in [9.17, 15) is 14.4 Å². The number of carbonyl (C=O) groups excluding carboxylic acids is 2. The zero-order chi connectivity index (χ0) is 14.9. The Hall–Kier alpha value is -2.08. The van der Waals surface area contributed by atoms with Crippen molar-refractivity contribution in [2.75, 3.05) is 24.5 Å². The van der Waals surface area contributed by atoms with Crippen molar-refractivity contribution in [2.24, 2.45) is 0 Å². The SMILES string of the molecule is Cc1c(Cl)cccc1N1CC(=O)N(CC(=O)O)C(=O)C1. The highest BCUT2D eigenvalue weighted by atomic mass is 35.5. The number of halogens is 1. The number of aliphatic carboxylic acids is 1. The molecular weight excluding hydrogens is 284 g/mol. The van der Waals surface area contributed by atoms with Crippen molar-refractivity contribution in [3.63, 3.8) is 0 Å². The average Bonchev–Trinajstić information content (AvgIpc) is 2.36. The van der Waals surface area contributed by atoms with Gasteiger partial charge in [-0.05, 0) is 24.6 Å². The first-order valence-electron chi connectivity index (χ1n) is 5.95. The second kappa shape index (κ2) is 5.50. The summed E-state index contributed by atoms with van der Waals surface area (Å²) in [6, 6.07) is 5.24. The van der Waals surface area contributed by atoms with E-state index < -0.39 is 24.3 Å². The molecule has 2 rings (SSSR count). The summed E-state index contributed by atoms with van der Waals surface area (Å²) in [5.74, 6) is -2.26. The molecule has 7 heteroatoms. The second-order valence-corrected chi connectivity index (χ2v) is 4.91. The second-order valence-electron chi connectivity index (χ2n) is 4.51. The summed E-state index contributed by atoms with van der Waals surface area (Å²) >= 11 is 6.02. The van der Waals surface area contributed by atoms with Crippen LogP contribution in [0.2, 0.25) is 5.02 Å². The fourth-order valence-electron chi connectivity index (χ4n) is 2.11. The van der Waals surface area contributed by atoms with Gasteiger partial charge in [-0.25, -0.2) is 0 Å². The first-order chi connectivity index (χ1) is 9.40. The number of carbonyl (C=O) groups is 3. The number of nitrogens with zero attached hydrogens (tertiary/aromatic N) is 2. The molecule has 1 aromatic carbocycles. The summed E-state index contributed by atoms with van der Waals surface area (Å²) in [5.41, 5.74) is 1.48. The van der Waals surface area contributed by atoms with Crippen molar-refractivity contribution >= 4 is 35.1 Å². The number of carboxylic acids is 1. The Morgan fingerprint density at radius 2 is 1.90 bits per heavy atom. The van der Waals surface area contributed by atoms with Crippen LogP contribution in [-0.2, 0) is 14.4 Å². The van der Waals surface area contributed by atoms with Gasteiger partial charge in [0.05, 0.1) is 13.1 Å². The molecule has 0 spiro atoms. The van der Waals surface area contributed by atoms with E-state index in [1.165, 1.54) is 0 Å². The molecule has 0 saturated carbocycles. The van der Waals surface area contributed by atoms with Gasteiger partial charge in [0, 0.05) is 10.7 Å². The van der Waals surface area contributed by atoms with Crippen LogP contribution in [0.15, 0.2) is 18.2 Å². The minimum atomic E-state index is -1.21. The third-order valence-corrected chi connectivity index (χ3v) is 3.54. The quantitative estimate of drug-likeness (QED) is 0.839. The first-order valence-corrected chi connectivity index (χ1v) is 6.33. The van der Waals surface area contributed by atoms with Gasteiger partial charge < -0.3 is 10.0 Å². The lowest BCUT2D eigenvalue weighted by Crippen LogP contribution is -2.55. The highest BCUT2D eigenvalue weighted by molar-refractivity contribution is 6.31. The highest BCUT2D eigenvalue weighted by Crippen LogP contribution is 2.27. The normalized spacial score (nSPS) is 15.7. The number of amides is 2. The smallest absolute Gasteiger partial charge is 0.323 e. The van der Waals surface area contributed by atoms with Gasteiger partial charge in [0.1, 0.15) is 6.54 Å². The van der Waals surface area contributed by atoms with E-state index in [1.54, 1.807) is 30.0 Å². The van der Waals surface area contributed by atoms with Gasteiger partial charge in [-0.1, -0.05) is 17.7 Å². The zero-order valence-electron chi connectivity index (χ0n) is 10.8. The molecule has 1 heterocycles. The number of hydrogen-bond donors (Lipinski definition) is 1. The third kappa shape index (κ3) is 2.75. The molecule has 20 heavy (non-hydrogen) atoms. The lowest BCUT2D eigenvalue weighted by molar-refractivity contribution is -0.153. The van der Waals surface area contributed by atoms with Crippen molar-refractivity contribution in [1.29, 1.82) is 0 Å².